The lowest BCUT2D eigenvalue weighted by molar-refractivity contribution is -0.118. The number of carbonyl (C=O) groups excluding carboxylic acids is 2. The highest BCUT2D eigenvalue weighted by atomic mass is 16.2. The molecule has 0 spiro atoms. The van der Waals surface area contributed by atoms with Gasteiger partial charge in [0.15, 0.2) is 0 Å². The van der Waals surface area contributed by atoms with Gasteiger partial charge < -0.3 is 0 Å². The molecule has 7 nitrogen and oxygen atoms in total. The molecule has 1 aromatic rings. The molecule has 0 aliphatic carbocycles. The smallest absolute Gasteiger partial charge is 0.271 e. The first-order chi connectivity index (χ1) is 8.59. The first-order valence-electron chi connectivity index (χ1n) is 5.14. The largest absolute Gasteiger partial charge is 0.274 e. The van der Waals surface area contributed by atoms with E-state index in [1.165, 1.54) is 25.5 Å². The van der Waals surface area contributed by atoms with Crippen LogP contribution >= 0.6 is 0 Å². The molecule has 0 aliphatic rings. The van der Waals surface area contributed by atoms with E-state index in [-0.39, 0.29) is 11.8 Å². The van der Waals surface area contributed by atoms with Crippen LogP contribution in [0.15, 0.2) is 34.7 Å². The number of aromatic nitrogens is 1. The summed E-state index contributed by atoms with van der Waals surface area (Å²) >= 11 is 0. The quantitative estimate of drug-likeness (QED) is 0.592. The SMILES string of the molecule is CC(=O)N/N=C\C(C)=N\NC(=O)c1ccncc1. The first kappa shape index (κ1) is 13.5. The Hall–Kier alpha value is -2.57. The summed E-state index contributed by atoms with van der Waals surface area (Å²) in [6.45, 7) is 2.98. The maximum Gasteiger partial charge on any atom is 0.271 e. The molecule has 18 heavy (non-hydrogen) atoms. The summed E-state index contributed by atoms with van der Waals surface area (Å²) in [5, 5.41) is 7.40. The third-order valence-corrected chi connectivity index (χ3v) is 1.75. The van der Waals surface area contributed by atoms with Crippen molar-refractivity contribution >= 4 is 23.7 Å². The molecule has 1 aromatic heterocycles. The summed E-state index contributed by atoms with van der Waals surface area (Å²) in [5.41, 5.74) is 5.49. The maximum absolute atomic E-state index is 11.6. The molecule has 0 fully saturated rings. The Labute approximate surface area is 104 Å². The molecule has 0 aliphatic heterocycles. The van der Waals surface area contributed by atoms with Gasteiger partial charge in [-0.1, -0.05) is 0 Å². The van der Waals surface area contributed by atoms with Gasteiger partial charge >= 0.3 is 0 Å². The average Bonchev–Trinajstić information content (AvgIpc) is 2.36. The normalized spacial score (nSPS) is 11.3. The minimum Gasteiger partial charge on any atom is -0.274 e. The number of hydrogen-bond donors (Lipinski definition) is 2. The lowest BCUT2D eigenvalue weighted by atomic mass is 10.3. The van der Waals surface area contributed by atoms with E-state index in [0.717, 1.165) is 0 Å². The van der Waals surface area contributed by atoms with Crippen LogP contribution in [0.5, 0.6) is 0 Å². The van der Waals surface area contributed by atoms with Crippen molar-refractivity contribution in [3.63, 3.8) is 0 Å². The van der Waals surface area contributed by atoms with Gasteiger partial charge in [-0.3, -0.25) is 14.6 Å². The second-order valence-electron chi connectivity index (χ2n) is 3.36. The minimum absolute atomic E-state index is 0.278. The fourth-order valence-corrected chi connectivity index (χ4v) is 0.952. The Morgan fingerprint density at radius 3 is 2.50 bits per heavy atom. The highest BCUT2D eigenvalue weighted by molar-refractivity contribution is 6.29. The van der Waals surface area contributed by atoms with E-state index in [1.807, 2.05) is 0 Å². The number of hydrogen-bond acceptors (Lipinski definition) is 5. The van der Waals surface area contributed by atoms with Crippen molar-refractivity contribution in [2.24, 2.45) is 10.2 Å². The molecule has 0 atom stereocenters. The highest BCUT2D eigenvalue weighted by Crippen LogP contribution is 1.95. The van der Waals surface area contributed by atoms with Crippen molar-refractivity contribution in [2.75, 3.05) is 0 Å². The Morgan fingerprint density at radius 2 is 1.89 bits per heavy atom. The molecule has 7 heteroatoms. The number of hydrazone groups is 2. The Kier molecular flexibility index (Phi) is 5.17. The summed E-state index contributed by atoms with van der Waals surface area (Å²) in [4.78, 5) is 25.9. The van der Waals surface area contributed by atoms with Crippen molar-refractivity contribution < 1.29 is 9.59 Å². The zero-order valence-corrected chi connectivity index (χ0v) is 10.0. The number of amides is 2. The van der Waals surface area contributed by atoms with Gasteiger partial charge in [0.25, 0.3) is 5.91 Å². The Bertz CT molecular complexity index is 481. The predicted octanol–water partition coefficient (Wildman–Crippen LogP) is 0.309. The Morgan fingerprint density at radius 1 is 1.22 bits per heavy atom. The summed E-state index contributed by atoms with van der Waals surface area (Å²) < 4.78 is 0. The van der Waals surface area contributed by atoms with Crippen LogP contribution in [0.4, 0.5) is 0 Å². The number of nitrogens with one attached hydrogen (secondary N) is 2. The number of pyridine rings is 1. The van der Waals surface area contributed by atoms with E-state index in [2.05, 4.69) is 26.0 Å². The van der Waals surface area contributed by atoms with Gasteiger partial charge in [0.2, 0.25) is 5.91 Å². The third-order valence-electron chi connectivity index (χ3n) is 1.75. The van der Waals surface area contributed by atoms with Crippen LogP contribution in [-0.2, 0) is 4.79 Å². The molecule has 2 amide bonds. The van der Waals surface area contributed by atoms with Crippen LogP contribution in [0.3, 0.4) is 0 Å². The molecule has 0 bridgehead atoms. The predicted molar refractivity (Wildman–Crippen MR) is 67.1 cm³/mol. The van der Waals surface area contributed by atoms with Crippen molar-refractivity contribution in [1.82, 2.24) is 15.8 Å². The van der Waals surface area contributed by atoms with Gasteiger partial charge in [0.1, 0.15) is 0 Å². The number of rotatable bonds is 4. The van der Waals surface area contributed by atoms with E-state index in [4.69, 9.17) is 0 Å². The topological polar surface area (TPSA) is 95.8 Å². The van der Waals surface area contributed by atoms with Crippen LogP contribution in [0.1, 0.15) is 24.2 Å². The fourth-order valence-electron chi connectivity index (χ4n) is 0.952. The third kappa shape index (κ3) is 4.97. The monoisotopic (exact) mass is 247 g/mol. The Balaban J connectivity index is 2.51. The standard InChI is InChI=1S/C11H13N5O2/c1-8(7-13-15-9(2)17)14-16-11(18)10-3-5-12-6-4-10/h3-7H,1-2H3,(H,15,17)(H,16,18)/b13-7-,14-8+. The molecule has 0 unspecified atom stereocenters. The van der Waals surface area contributed by atoms with Gasteiger partial charge in [-0.05, 0) is 19.1 Å². The lowest BCUT2D eigenvalue weighted by Crippen LogP contribution is -2.20. The molecule has 2 N–H and O–H groups in total. The van der Waals surface area contributed by atoms with Crippen molar-refractivity contribution in [2.45, 2.75) is 13.8 Å². The molecule has 0 saturated heterocycles. The second-order valence-corrected chi connectivity index (χ2v) is 3.36. The molecule has 1 heterocycles. The maximum atomic E-state index is 11.6. The van der Waals surface area contributed by atoms with Gasteiger partial charge in [0.05, 0.1) is 11.9 Å². The van der Waals surface area contributed by atoms with Crippen LogP contribution in [0, 0.1) is 0 Å². The number of carbonyl (C=O) groups is 2. The number of nitrogens with zero attached hydrogens (tertiary/aromatic N) is 3. The van der Waals surface area contributed by atoms with Crippen LogP contribution in [-0.4, -0.2) is 28.7 Å². The van der Waals surface area contributed by atoms with Crippen molar-refractivity contribution in [3.8, 4) is 0 Å². The van der Waals surface area contributed by atoms with E-state index >= 15 is 0 Å². The van der Waals surface area contributed by atoms with Crippen molar-refractivity contribution in [3.05, 3.63) is 30.1 Å². The van der Waals surface area contributed by atoms with Crippen LogP contribution in [0.2, 0.25) is 0 Å². The van der Waals surface area contributed by atoms with Crippen LogP contribution in [0.25, 0.3) is 0 Å². The van der Waals surface area contributed by atoms with Crippen LogP contribution < -0.4 is 10.9 Å². The van der Waals surface area contributed by atoms with E-state index in [9.17, 15) is 9.59 Å². The zero-order chi connectivity index (χ0) is 13.4. The van der Waals surface area contributed by atoms with Gasteiger partial charge in [0, 0.05) is 24.9 Å². The second kappa shape index (κ2) is 6.89. The summed E-state index contributed by atoms with van der Waals surface area (Å²) in [6, 6.07) is 3.15. The molecule has 0 saturated carbocycles. The summed E-state index contributed by atoms with van der Waals surface area (Å²) in [5.74, 6) is -0.621. The molecule has 1 rings (SSSR count). The average molecular weight is 247 g/mol. The summed E-state index contributed by atoms with van der Waals surface area (Å²) in [7, 11) is 0. The minimum atomic E-state index is -0.343. The molecular weight excluding hydrogens is 234 g/mol. The highest BCUT2D eigenvalue weighted by Gasteiger charge is 2.02. The lowest BCUT2D eigenvalue weighted by Gasteiger charge is -1.99. The van der Waals surface area contributed by atoms with E-state index in [1.54, 1.807) is 19.1 Å². The fraction of sp³-hybridized carbons (Fsp3) is 0.182. The van der Waals surface area contributed by atoms with Crippen molar-refractivity contribution in [1.29, 1.82) is 0 Å². The van der Waals surface area contributed by atoms with Gasteiger partial charge in [-0.2, -0.15) is 10.2 Å². The molecule has 94 valence electrons. The van der Waals surface area contributed by atoms with Gasteiger partial charge in [-0.15, -0.1) is 0 Å². The molecule has 0 aromatic carbocycles. The van der Waals surface area contributed by atoms with E-state index < -0.39 is 0 Å². The van der Waals surface area contributed by atoms with E-state index in [0.29, 0.717) is 11.3 Å². The van der Waals surface area contributed by atoms with Gasteiger partial charge in [-0.25, -0.2) is 10.9 Å². The first-order valence-corrected chi connectivity index (χ1v) is 5.14. The zero-order valence-electron chi connectivity index (χ0n) is 10.0. The molecular formula is C11H13N5O2. The summed E-state index contributed by atoms with van der Waals surface area (Å²) in [6.07, 6.45) is 4.36. The molecule has 0 radical (unpaired) electrons.